The second-order valence-corrected chi connectivity index (χ2v) is 6.68. The largest absolute Gasteiger partial charge is 0.378 e. The molecule has 2 fully saturated rings. The Labute approximate surface area is 126 Å². The number of carbonyl (C=O) groups excluding carboxylic acids is 1. The van der Waals surface area contributed by atoms with E-state index in [0.29, 0.717) is 5.82 Å². The fourth-order valence-corrected chi connectivity index (χ4v) is 4.07. The summed E-state index contributed by atoms with van der Waals surface area (Å²) in [6, 6.07) is 3.63. The SMILES string of the molecule is COC12CCC(C(=O)N(N)c3ncccc3Br)(CC1)C2. The average molecular weight is 340 g/mol. The number of fused-ring (bicyclic) bond motifs is 2. The van der Waals surface area contributed by atoms with Gasteiger partial charge in [-0.3, -0.25) is 4.79 Å². The van der Waals surface area contributed by atoms with Crippen LogP contribution in [0.3, 0.4) is 0 Å². The van der Waals surface area contributed by atoms with E-state index >= 15 is 0 Å². The Morgan fingerprint density at radius 2 is 2.15 bits per heavy atom. The monoisotopic (exact) mass is 339 g/mol. The lowest BCUT2D eigenvalue weighted by molar-refractivity contribution is -0.128. The molecular formula is C14H18BrN3O2. The molecule has 20 heavy (non-hydrogen) atoms. The summed E-state index contributed by atoms with van der Waals surface area (Å²) >= 11 is 3.39. The molecule has 0 saturated heterocycles. The zero-order valence-electron chi connectivity index (χ0n) is 11.4. The molecule has 2 aliphatic rings. The van der Waals surface area contributed by atoms with Crippen LogP contribution in [-0.2, 0) is 9.53 Å². The summed E-state index contributed by atoms with van der Waals surface area (Å²) in [5.41, 5.74) is -0.487. The van der Waals surface area contributed by atoms with Gasteiger partial charge in [0, 0.05) is 13.3 Å². The van der Waals surface area contributed by atoms with E-state index in [1.54, 1.807) is 19.4 Å². The molecule has 2 bridgehead atoms. The number of nitrogens with two attached hydrogens (primary N) is 1. The van der Waals surface area contributed by atoms with Gasteiger partial charge in [0.1, 0.15) is 0 Å². The lowest BCUT2D eigenvalue weighted by atomic mass is 9.83. The molecule has 1 amide bonds. The minimum absolute atomic E-state index is 0.0478. The highest BCUT2D eigenvalue weighted by molar-refractivity contribution is 9.10. The summed E-state index contributed by atoms with van der Waals surface area (Å²) < 4.78 is 6.36. The number of ether oxygens (including phenoxy) is 1. The molecule has 1 heterocycles. The van der Waals surface area contributed by atoms with Crippen molar-refractivity contribution in [3.63, 3.8) is 0 Å². The van der Waals surface area contributed by atoms with Crippen molar-refractivity contribution in [3.8, 4) is 0 Å². The lowest BCUT2D eigenvalue weighted by Gasteiger charge is -2.29. The molecule has 0 aromatic carbocycles. The topological polar surface area (TPSA) is 68.5 Å². The van der Waals surface area contributed by atoms with Crippen molar-refractivity contribution in [2.45, 2.75) is 37.7 Å². The minimum atomic E-state index is -0.373. The van der Waals surface area contributed by atoms with Crippen molar-refractivity contribution in [1.29, 1.82) is 0 Å². The molecule has 0 aliphatic heterocycles. The Balaban J connectivity index is 1.86. The second-order valence-electron chi connectivity index (χ2n) is 5.83. The van der Waals surface area contributed by atoms with Crippen LogP contribution in [0, 0.1) is 5.41 Å². The third-order valence-electron chi connectivity index (χ3n) is 4.85. The van der Waals surface area contributed by atoms with Gasteiger partial charge >= 0.3 is 0 Å². The van der Waals surface area contributed by atoms with Gasteiger partial charge in [-0.25, -0.2) is 15.8 Å². The number of carbonyl (C=O) groups is 1. The highest BCUT2D eigenvalue weighted by Gasteiger charge is 2.59. The summed E-state index contributed by atoms with van der Waals surface area (Å²) in [5, 5.41) is 1.20. The van der Waals surface area contributed by atoms with Crippen LogP contribution in [-0.4, -0.2) is 23.6 Å². The fourth-order valence-electron chi connectivity index (χ4n) is 3.63. The average Bonchev–Trinajstić information content (AvgIpc) is 3.04. The number of methoxy groups -OCH3 is 1. The number of hydrogen-bond donors (Lipinski definition) is 1. The smallest absolute Gasteiger partial charge is 0.248 e. The number of aromatic nitrogens is 1. The van der Waals surface area contributed by atoms with Crippen molar-refractivity contribution in [2.24, 2.45) is 11.3 Å². The maximum absolute atomic E-state index is 12.8. The first kappa shape index (κ1) is 14.0. The van der Waals surface area contributed by atoms with Gasteiger partial charge in [-0.1, -0.05) is 0 Å². The van der Waals surface area contributed by atoms with Crippen LogP contribution >= 0.6 is 15.9 Å². The highest BCUT2D eigenvalue weighted by Crippen LogP contribution is 2.58. The fraction of sp³-hybridized carbons (Fsp3) is 0.571. The number of halogens is 1. The van der Waals surface area contributed by atoms with Crippen LogP contribution in [0.5, 0.6) is 0 Å². The molecule has 0 radical (unpaired) electrons. The van der Waals surface area contributed by atoms with Crippen molar-refractivity contribution in [1.82, 2.24) is 4.98 Å². The Morgan fingerprint density at radius 3 is 2.70 bits per heavy atom. The number of anilines is 1. The van der Waals surface area contributed by atoms with Gasteiger partial charge in [-0.2, -0.15) is 0 Å². The van der Waals surface area contributed by atoms with Gasteiger partial charge in [0.15, 0.2) is 5.82 Å². The van der Waals surface area contributed by atoms with Crippen LogP contribution in [0.1, 0.15) is 32.1 Å². The third kappa shape index (κ3) is 1.98. The predicted octanol–water partition coefficient (Wildman–Crippen LogP) is 2.40. The Bertz CT molecular complexity index is 541. The molecule has 2 aliphatic carbocycles. The van der Waals surface area contributed by atoms with Gasteiger partial charge in [-0.05, 0) is 60.2 Å². The second kappa shape index (κ2) is 4.79. The molecule has 108 valence electrons. The molecule has 1 aromatic rings. The molecule has 2 N–H and O–H groups in total. The quantitative estimate of drug-likeness (QED) is 0.521. The maximum atomic E-state index is 12.8. The predicted molar refractivity (Wildman–Crippen MR) is 78.9 cm³/mol. The Kier molecular flexibility index (Phi) is 3.35. The van der Waals surface area contributed by atoms with Crippen LogP contribution < -0.4 is 10.9 Å². The van der Waals surface area contributed by atoms with E-state index in [-0.39, 0.29) is 16.9 Å². The molecule has 0 unspecified atom stereocenters. The van der Waals surface area contributed by atoms with Crippen LogP contribution in [0.15, 0.2) is 22.8 Å². The summed E-state index contributed by atoms with van der Waals surface area (Å²) in [7, 11) is 1.74. The Morgan fingerprint density at radius 1 is 1.45 bits per heavy atom. The molecule has 2 saturated carbocycles. The van der Waals surface area contributed by atoms with Crippen molar-refractivity contribution in [2.75, 3.05) is 12.1 Å². The molecule has 3 rings (SSSR count). The van der Waals surface area contributed by atoms with E-state index in [1.807, 2.05) is 6.07 Å². The molecular weight excluding hydrogens is 322 g/mol. The molecule has 5 nitrogen and oxygen atoms in total. The first-order chi connectivity index (χ1) is 9.52. The number of hydrogen-bond acceptors (Lipinski definition) is 4. The minimum Gasteiger partial charge on any atom is -0.378 e. The van der Waals surface area contributed by atoms with Crippen molar-refractivity contribution < 1.29 is 9.53 Å². The highest BCUT2D eigenvalue weighted by atomic mass is 79.9. The van der Waals surface area contributed by atoms with Gasteiger partial charge in [-0.15, -0.1) is 0 Å². The zero-order valence-corrected chi connectivity index (χ0v) is 13.0. The maximum Gasteiger partial charge on any atom is 0.248 e. The normalized spacial score (nSPS) is 31.6. The van der Waals surface area contributed by atoms with Crippen LogP contribution in [0.25, 0.3) is 0 Å². The number of amides is 1. The summed E-state index contributed by atoms with van der Waals surface area (Å²) in [6.45, 7) is 0. The molecule has 1 aromatic heterocycles. The third-order valence-corrected chi connectivity index (χ3v) is 5.47. The number of nitrogens with zero attached hydrogens (tertiary/aromatic N) is 2. The van der Waals surface area contributed by atoms with Crippen LogP contribution in [0.4, 0.5) is 5.82 Å². The van der Waals surface area contributed by atoms with Crippen molar-refractivity contribution >= 4 is 27.7 Å². The summed E-state index contributed by atoms with van der Waals surface area (Å²) in [6.07, 6.45) is 5.97. The number of rotatable bonds is 3. The van der Waals surface area contributed by atoms with E-state index in [9.17, 15) is 4.79 Å². The van der Waals surface area contributed by atoms with E-state index in [2.05, 4.69) is 20.9 Å². The molecule has 0 spiro atoms. The standard InChI is InChI=1S/C14H18BrN3O2/c1-20-14-6-4-13(9-14,5-7-14)12(19)18(16)11-10(15)3-2-8-17-11/h2-3,8H,4-7,9,16H2,1H3. The van der Waals surface area contributed by atoms with Gasteiger partial charge in [0.25, 0.3) is 0 Å². The van der Waals surface area contributed by atoms with E-state index < -0.39 is 0 Å². The zero-order chi connectivity index (χ0) is 14.4. The number of pyridine rings is 1. The van der Waals surface area contributed by atoms with Gasteiger partial charge in [0.05, 0.1) is 15.5 Å². The summed E-state index contributed by atoms with van der Waals surface area (Å²) in [5.74, 6) is 6.45. The van der Waals surface area contributed by atoms with E-state index in [4.69, 9.17) is 10.6 Å². The molecule has 0 atom stereocenters. The van der Waals surface area contributed by atoms with Crippen LogP contribution in [0.2, 0.25) is 0 Å². The van der Waals surface area contributed by atoms with E-state index in [0.717, 1.165) is 36.6 Å². The van der Waals surface area contributed by atoms with E-state index in [1.165, 1.54) is 5.01 Å². The van der Waals surface area contributed by atoms with Gasteiger partial charge in [0.2, 0.25) is 5.91 Å². The van der Waals surface area contributed by atoms with Gasteiger partial charge < -0.3 is 4.74 Å². The number of hydrazine groups is 1. The lowest BCUT2D eigenvalue weighted by Crippen LogP contribution is -2.47. The molecule has 6 heteroatoms. The van der Waals surface area contributed by atoms with Crippen molar-refractivity contribution in [3.05, 3.63) is 22.8 Å². The Hall–Kier alpha value is -0.980. The summed E-state index contributed by atoms with van der Waals surface area (Å²) in [4.78, 5) is 17.0. The first-order valence-electron chi connectivity index (χ1n) is 6.77. The first-order valence-corrected chi connectivity index (χ1v) is 7.56.